The van der Waals surface area contributed by atoms with E-state index in [-0.39, 0.29) is 10.8 Å². The van der Waals surface area contributed by atoms with Gasteiger partial charge in [-0.15, -0.1) is 0 Å². The van der Waals surface area contributed by atoms with Crippen LogP contribution in [0.1, 0.15) is 24.0 Å². The zero-order chi connectivity index (χ0) is 19.3. The Morgan fingerprint density at radius 1 is 1.19 bits per heavy atom. The molecule has 2 aromatic rings. The highest BCUT2D eigenvalue weighted by molar-refractivity contribution is 7.90. The van der Waals surface area contributed by atoms with Crippen LogP contribution < -0.4 is 14.8 Å². The number of sulfonamides is 1. The number of rotatable bonds is 7. The monoisotopic (exact) mass is 387 g/mol. The fourth-order valence-electron chi connectivity index (χ4n) is 2.75. The average Bonchev–Trinajstić information content (AvgIpc) is 2.94. The van der Waals surface area contributed by atoms with Crippen LogP contribution in [0.4, 0.5) is 0 Å². The summed E-state index contributed by atoms with van der Waals surface area (Å²) in [5, 5.41) is 2.85. The summed E-state index contributed by atoms with van der Waals surface area (Å²) in [5.41, 5.74) is 1.53. The van der Waals surface area contributed by atoms with E-state index < -0.39 is 10.0 Å². The summed E-state index contributed by atoms with van der Waals surface area (Å²) in [4.78, 5) is 16.5. The van der Waals surface area contributed by atoms with Gasteiger partial charge in [-0.05, 0) is 36.2 Å². The van der Waals surface area contributed by atoms with Crippen molar-refractivity contribution in [1.29, 1.82) is 0 Å². The van der Waals surface area contributed by atoms with Gasteiger partial charge in [0.2, 0.25) is 5.91 Å². The van der Waals surface area contributed by atoms with Crippen LogP contribution in [-0.2, 0) is 21.4 Å². The molecule has 0 aliphatic carbocycles. The van der Waals surface area contributed by atoms with Gasteiger partial charge in [0.1, 0.15) is 11.6 Å². The van der Waals surface area contributed by atoms with Crippen molar-refractivity contribution in [3.63, 3.8) is 0 Å². The lowest BCUT2D eigenvalue weighted by atomic mass is 10.2. The smallest absolute Gasteiger partial charge is 0.263 e. The van der Waals surface area contributed by atoms with Crippen molar-refractivity contribution in [2.24, 2.45) is 4.99 Å². The maximum absolute atomic E-state index is 12.0. The molecule has 0 saturated carbocycles. The summed E-state index contributed by atoms with van der Waals surface area (Å²) in [6.07, 6.45) is 0.840. The van der Waals surface area contributed by atoms with Crippen molar-refractivity contribution in [3.8, 4) is 5.75 Å². The fraction of sp³-hybridized carbons (Fsp3) is 0.263. The Hall–Kier alpha value is -2.87. The molecule has 0 unspecified atom stereocenters. The topological polar surface area (TPSA) is 96.9 Å². The minimum absolute atomic E-state index is 0.0783. The number of hydrogen-bond acceptors (Lipinski definition) is 5. The van der Waals surface area contributed by atoms with Gasteiger partial charge < -0.3 is 10.1 Å². The first-order valence-corrected chi connectivity index (χ1v) is 10.0. The molecule has 0 atom stereocenters. The van der Waals surface area contributed by atoms with E-state index in [2.05, 4.69) is 15.0 Å². The van der Waals surface area contributed by atoms with Gasteiger partial charge in [-0.3, -0.25) is 14.5 Å². The molecule has 1 aliphatic rings. The molecule has 0 saturated heterocycles. The Kier molecular flexibility index (Phi) is 5.75. The Balaban J connectivity index is 1.47. The van der Waals surface area contributed by atoms with Crippen LogP contribution in [0.15, 0.2) is 58.4 Å². The van der Waals surface area contributed by atoms with E-state index in [1.54, 1.807) is 31.4 Å². The molecule has 0 spiro atoms. The second kappa shape index (κ2) is 8.22. The number of hydrogen-bond donors (Lipinski definition) is 2. The van der Waals surface area contributed by atoms with Crippen LogP contribution in [0.5, 0.6) is 5.75 Å². The third-order valence-corrected chi connectivity index (χ3v) is 5.52. The van der Waals surface area contributed by atoms with E-state index in [4.69, 9.17) is 4.74 Å². The normalized spacial score (nSPS) is 15.8. The molecule has 1 amide bonds. The molecule has 3 rings (SSSR count). The number of ether oxygens (including phenoxy) is 1. The van der Waals surface area contributed by atoms with Gasteiger partial charge in [0.25, 0.3) is 10.0 Å². The second-order valence-corrected chi connectivity index (χ2v) is 7.71. The molecule has 0 fully saturated rings. The zero-order valence-corrected chi connectivity index (χ0v) is 15.8. The molecule has 2 N–H and O–H groups in total. The van der Waals surface area contributed by atoms with Gasteiger partial charge in [0, 0.05) is 25.1 Å². The lowest BCUT2D eigenvalue weighted by molar-refractivity contribution is -0.121. The lowest BCUT2D eigenvalue weighted by Gasteiger charge is -2.06. The maximum atomic E-state index is 12.0. The minimum Gasteiger partial charge on any atom is -0.497 e. The predicted octanol–water partition coefficient (Wildman–Crippen LogP) is 1.83. The summed E-state index contributed by atoms with van der Waals surface area (Å²) in [6.45, 7) is 0.788. The first-order chi connectivity index (χ1) is 13.0. The van der Waals surface area contributed by atoms with E-state index in [0.29, 0.717) is 37.3 Å². The summed E-state index contributed by atoms with van der Waals surface area (Å²) >= 11 is 0. The number of fused-ring (bicyclic) bond motifs is 1. The summed E-state index contributed by atoms with van der Waals surface area (Å²) in [7, 11) is -1.92. The van der Waals surface area contributed by atoms with Gasteiger partial charge >= 0.3 is 0 Å². The van der Waals surface area contributed by atoms with Crippen molar-refractivity contribution in [1.82, 2.24) is 10.0 Å². The molecular formula is C19H21N3O4S. The Labute approximate surface area is 158 Å². The highest BCUT2D eigenvalue weighted by Crippen LogP contribution is 2.22. The molecule has 0 aromatic heterocycles. The van der Waals surface area contributed by atoms with E-state index in [9.17, 15) is 13.2 Å². The quantitative estimate of drug-likeness (QED) is 0.709. The van der Waals surface area contributed by atoms with Gasteiger partial charge in [0.15, 0.2) is 0 Å². The number of nitrogens with zero attached hydrogens (tertiary/aromatic N) is 1. The van der Waals surface area contributed by atoms with Gasteiger partial charge in [-0.2, -0.15) is 0 Å². The molecule has 8 heteroatoms. The van der Waals surface area contributed by atoms with Crippen LogP contribution in [0, 0.1) is 0 Å². The summed E-state index contributed by atoms with van der Waals surface area (Å²) in [5.74, 6) is 1.00. The molecule has 2 aromatic carbocycles. The van der Waals surface area contributed by atoms with E-state index in [1.807, 2.05) is 24.3 Å². The zero-order valence-electron chi connectivity index (χ0n) is 14.9. The van der Waals surface area contributed by atoms with Crippen molar-refractivity contribution < 1.29 is 17.9 Å². The number of carbonyl (C=O) groups is 1. The number of carbonyl (C=O) groups excluding carboxylic acids is 1. The number of amides is 1. The highest BCUT2D eigenvalue weighted by atomic mass is 32.2. The molecule has 0 radical (unpaired) electrons. The van der Waals surface area contributed by atoms with E-state index >= 15 is 0 Å². The van der Waals surface area contributed by atoms with Gasteiger partial charge in [-0.25, -0.2) is 8.42 Å². The van der Waals surface area contributed by atoms with Crippen LogP contribution in [0.3, 0.4) is 0 Å². The van der Waals surface area contributed by atoms with Crippen molar-refractivity contribution in [2.45, 2.75) is 24.3 Å². The Morgan fingerprint density at radius 3 is 2.81 bits per heavy atom. The molecule has 142 valence electrons. The molecule has 0 bridgehead atoms. The SMILES string of the molecule is COc1cccc(CNC(=O)CCCN=C2NS(=O)(=O)c3ccccc32)c1. The number of aliphatic imine (C=N–C) groups is 1. The number of benzene rings is 2. The van der Waals surface area contributed by atoms with Crippen LogP contribution in [0.25, 0.3) is 0 Å². The predicted molar refractivity (Wildman–Crippen MR) is 102 cm³/mol. The fourth-order valence-corrected chi connectivity index (χ4v) is 4.00. The first kappa shape index (κ1) is 18.9. The van der Waals surface area contributed by atoms with Crippen LogP contribution in [-0.4, -0.2) is 33.8 Å². The average molecular weight is 387 g/mol. The third kappa shape index (κ3) is 4.65. The van der Waals surface area contributed by atoms with Crippen LogP contribution in [0.2, 0.25) is 0 Å². The first-order valence-electron chi connectivity index (χ1n) is 8.56. The maximum Gasteiger partial charge on any atom is 0.263 e. The number of amidine groups is 1. The number of methoxy groups -OCH3 is 1. The molecular weight excluding hydrogens is 366 g/mol. The summed E-state index contributed by atoms with van der Waals surface area (Å²) in [6, 6.07) is 14.2. The minimum atomic E-state index is -3.52. The highest BCUT2D eigenvalue weighted by Gasteiger charge is 2.29. The second-order valence-electron chi connectivity index (χ2n) is 6.06. The van der Waals surface area contributed by atoms with Crippen molar-refractivity contribution in [2.75, 3.05) is 13.7 Å². The summed E-state index contributed by atoms with van der Waals surface area (Å²) < 4.78 is 31.6. The van der Waals surface area contributed by atoms with Gasteiger partial charge in [0.05, 0.1) is 12.0 Å². The van der Waals surface area contributed by atoms with Gasteiger partial charge in [-0.1, -0.05) is 24.3 Å². The third-order valence-electron chi connectivity index (χ3n) is 4.12. The largest absolute Gasteiger partial charge is 0.497 e. The molecule has 1 aliphatic heterocycles. The van der Waals surface area contributed by atoms with Crippen LogP contribution >= 0.6 is 0 Å². The van der Waals surface area contributed by atoms with Crippen molar-refractivity contribution in [3.05, 3.63) is 59.7 Å². The van der Waals surface area contributed by atoms with Crippen molar-refractivity contribution >= 4 is 21.8 Å². The Bertz CT molecular complexity index is 970. The Morgan fingerprint density at radius 2 is 2.00 bits per heavy atom. The standard InChI is InChI=1S/C19H21N3O4S/c1-26-15-7-4-6-14(12-15)13-21-18(23)10-5-11-20-19-16-8-2-3-9-17(16)27(24,25)22-19/h2-4,6-9,12H,5,10-11,13H2,1H3,(H,20,22)(H,21,23). The lowest BCUT2D eigenvalue weighted by Crippen LogP contribution is -2.23. The van der Waals surface area contributed by atoms with E-state index in [0.717, 1.165) is 11.3 Å². The molecule has 7 nitrogen and oxygen atoms in total. The molecule has 1 heterocycles. The number of nitrogens with one attached hydrogen (secondary N) is 2. The van der Waals surface area contributed by atoms with E-state index in [1.165, 1.54) is 0 Å². The molecule has 27 heavy (non-hydrogen) atoms.